The molecule has 5 nitrogen and oxygen atoms in total. The van der Waals surface area contributed by atoms with Crippen LogP contribution in [0.1, 0.15) is 29.2 Å². The lowest BCUT2D eigenvalue weighted by atomic mass is 9.89. The second-order valence-electron chi connectivity index (χ2n) is 6.37. The topological polar surface area (TPSA) is 78.6 Å². The smallest absolute Gasteiger partial charge is 0.387 e. The molecule has 0 saturated carbocycles. The van der Waals surface area contributed by atoms with Crippen LogP contribution in [-0.4, -0.2) is 15.0 Å². The van der Waals surface area contributed by atoms with Gasteiger partial charge in [0.1, 0.15) is 17.6 Å². The summed E-state index contributed by atoms with van der Waals surface area (Å²) in [6.45, 7) is 2.50. The number of aryl methyl sites for hydroxylation is 1. The average Bonchev–Trinajstić information content (AvgIpc) is 2.52. The molecule has 1 atom stereocenters. The van der Waals surface area contributed by atoms with Crippen LogP contribution in [0, 0.1) is 6.92 Å². The van der Waals surface area contributed by atoms with Crippen molar-refractivity contribution in [3.8, 4) is 22.6 Å². The van der Waals surface area contributed by atoms with Crippen LogP contribution in [0.5, 0.6) is 11.5 Å². The quantitative estimate of drug-likeness (QED) is 0.748. The lowest BCUT2D eigenvalue weighted by Crippen LogP contribution is -2.18. The highest BCUT2D eigenvalue weighted by molar-refractivity contribution is 7.88. The lowest BCUT2D eigenvalue weighted by Gasteiger charge is -2.30. The van der Waals surface area contributed by atoms with Gasteiger partial charge in [0.25, 0.3) is 0 Å². The van der Waals surface area contributed by atoms with Crippen molar-refractivity contribution < 1.29 is 26.7 Å². The summed E-state index contributed by atoms with van der Waals surface area (Å²) in [7, 11) is -3.71. The number of alkyl halides is 2. The first-order chi connectivity index (χ1) is 12.7. The predicted molar refractivity (Wildman–Crippen MR) is 98.2 cm³/mol. The predicted octanol–water partition coefficient (Wildman–Crippen LogP) is 4.06. The molecule has 0 spiro atoms. The maximum atomic E-state index is 12.9. The maximum absolute atomic E-state index is 12.9. The van der Waals surface area contributed by atoms with Crippen LogP contribution in [0.25, 0.3) is 11.1 Å². The van der Waals surface area contributed by atoms with Gasteiger partial charge < -0.3 is 9.47 Å². The Morgan fingerprint density at radius 2 is 2.07 bits per heavy atom. The number of benzene rings is 2. The Morgan fingerprint density at radius 3 is 2.70 bits per heavy atom. The van der Waals surface area contributed by atoms with Crippen molar-refractivity contribution in [2.24, 2.45) is 5.14 Å². The van der Waals surface area contributed by atoms with E-state index in [0.29, 0.717) is 34.4 Å². The molecule has 3 rings (SSSR count). The second kappa shape index (κ2) is 7.28. The Hall–Kier alpha value is -2.45. The van der Waals surface area contributed by atoms with Gasteiger partial charge >= 0.3 is 6.61 Å². The van der Waals surface area contributed by atoms with Crippen LogP contribution in [0.3, 0.4) is 0 Å². The van der Waals surface area contributed by atoms with Gasteiger partial charge in [0.05, 0.1) is 11.3 Å². The molecule has 1 heterocycles. The summed E-state index contributed by atoms with van der Waals surface area (Å²) in [5.74, 6) is 0.115. The van der Waals surface area contributed by atoms with E-state index in [-0.39, 0.29) is 11.5 Å². The molecule has 1 aliphatic rings. The normalized spacial score (nSPS) is 15.7. The first-order valence-electron chi connectivity index (χ1n) is 8.18. The van der Waals surface area contributed by atoms with E-state index in [1.54, 1.807) is 37.3 Å². The van der Waals surface area contributed by atoms with E-state index in [9.17, 15) is 17.2 Å². The van der Waals surface area contributed by atoms with Crippen LogP contribution in [0.15, 0.2) is 43.0 Å². The number of primary sulfonamides is 1. The van der Waals surface area contributed by atoms with E-state index in [1.165, 1.54) is 6.07 Å². The SMILES string of the molecule is C=CCC1Oc2cc(C)cc(OC(F)F)c2-c2ccc(CS(N)(=O)=O)cc21. The summed E-state index contributed by atoms with van der Waals surface area (Å²) in [5, 5.41) is 5.13. The monoisotopic (exact) mass is 395 g/mol. The number of fused-ring (bicyclic) bond motifs is 3. The minimum Gasteiger partial charge on any atom is -0.485 e. The molecule has 0 amide bonds. The molecule has 144 valence electrons. The zero-order valence-electron chi connectivity index (χ0n) is 14.6. The Bertz CT molecular complexity index is 989. The van der Waals surface area contributed by atoms with Gasteiger partial charge in [0, 0.05) is 12.0 Å². The van der Waals surface area contributed by atoms with Crippen molar-refractivity contribution in [2.75, 3.05) is 0 Å². The highest BCUT2D eigenvalue weighted by atomic mass is 32.2. The third-order valence-corrected chi connectivity index (χ3v) is 4.91. The van der Waals surface area contributed by atoms with Crippen molar-refractivity contribution in [2.45, 2.75) is 31.8 Å². The molecule has 0 fully saturated rings. The van der Waals surface area contributed by atoms with Gasteiger partial charge in [-0.3, -0.25) is 0 Å². The van der Waals surface area contributed by atoms with Crippen molar-refractivity contribution in [1.29, 1.82) is 0 Å². The Kier molecular flexibility index (Phi) is 5.21. The van der Waals surface area contributed by atoms with Gasteiger partial charge in [-0.15, -0.1) is 6.58 Å². The molecule has 1 unspecified atom stereocenters. The molecular weight excluding hydrogens is 376 g/mol. The maximum Gasteiger partial charge on any atom is 0.387 e. The fourth-order valence-electron chi connectivity index (χ4n) is 3.24. The van der Waals surface area contributed by atoms with E-state index >= 15 is 0 Å². The summed E-state index contributed by atoms with van der Waals surface area (Å²) >= 11 is 0. The van der Waals surface area contributed by atoms with Gasteiger partial charge in [-0.2, -0.15) is 8.78 Å². The summed E-state index contributed by atoms with van der Waals surface area (Å²) in [6.07, 6.45) is 1.72. The number of nitrogens with two attached hydrogens (primary N) is 1. The van der Waals surface area contributed by atoms with E-state index in [4.69, 9.17) is 14.6 Å². The molecule has 1 aliphatic heterocycles. The Morgan fingerprint density at radius 1 is 1.33 bits per heavy atom. The molecule has 8 heteroatoms. The van der Waals surface area contributed by atoms with E-state index in [2.05, 4.69) is 6.58 Å². The second-order valence-corrected chi connectivity index (χ2v) is 7.99. The highest BCUT2D eigenvalue weighted by Gasteiger charge is 2.29. The fraction of sp³-hybridized carbons (Fsp3) is 0.263. The molecule has 27 heavy (non-hydrogen) atoms. The number of ether oxygens (including phenoxy) is 2. The summed E-state index contributed by atoms with van der Waals surface area (Å²) in [4.78, 5) is 0. The first-order valence-corrected chi connectivity index (χ1v) is 9.90. The van der Waals surface area contributed by atoms with Gasteiger partial charge in [0.15, 0.2) is 0 Å². The summed E-state index contributed by atoms with van der Waals surface area (Å²) in [5.41, 5.74) is 2.94. The van der Waals surface area contributed by atoms with Gasteiger partial charge in [-0.05, 0) is 35.7 Å². The number of rotatable bonds is 6. The van der Waals surface area contributed by atoms with Crippen LogP contribution in [0.4, 0.5) is 8.78 Å². The highest BCUT2D eigenvalue weighted by Crippen LogP contribution is 2.49. The molecule has 0 aliphatic carbocycles. The number of halogens is 2. The van der Waals surface area contributed by atoms with E-state index in [0.717, 1.165) is 5.56 Å². The molecule has 2 aromatic rings. The number of hydrogen-bond donors (Lipinski definition) is 1. The third kappa shape index (κ3) is 4.28. The van der Waals surface area contributed by atoms with E-state index < -0.39 is 22.7 Å². The van der Waals surface area contributed by atoms with Crippen LogP contribution in [-0.2, 0) is 15.8 Å². The minimum absolute atomic E-state index is 0.0116. The average molecular weight is 395 g/mol. The van der Waals surface area contributed by atoms with Crippen molar-refractivity contribution in [3.63, 3.8) is 0 Å². The molecule has 0 aromatic heterocycles. The molecule has 0 bridgehead atoms. The summed E-state index contributed by atoms with van der Waals surface area (Å²) in [6, 6.07) is 8.23. The standard InChI is InChI=1S/C19H19F2NO4S/c1-3-4-15-14-9-12(10-27(22,23)24)5-6-13(14)18-16(25-15)7-11(2)8-17(18)26-19(20)21/h3,5-9,15,19H,1,4,10H2,2H3,(H2,22,23,24). The largest absolute Gasteiger partial charge is 0.485 e. The van der Waals surface area contributed by atoms with Crippen LogP contribution >= 0.6 is 0 Å². The van der Waals surface area contributed by atoms with Crippen molar-refractivity contribution in [3.05, 3.63) is 59.7 Å². The zero-order valence-corrected chi connectivity index (χ0v) is 15.4. The molecule has 2 N–H and O–H groups in total. The Labute approximate surface area is 156 Å². The first kappa shape index (κ1) is 19.3. The summed E-state index contributed by atoms with van der Waals surface area (Å²) < 4.78 is 59.3. The number of hydrogen-bond acceptors (Lipinski definition) is 4. The zero-order chi connectivity index (χ0) is 19.8. The minimum atomic E-state index is -3.71. The van der Waals surface area contributed by atoms with Crippen molar-refractivity contribution >= 4 is 10.0 Å². The van der Waals surface area contributed by atoms with Gasteiger partial charge in [-0.25, -0.2) is 13.6 Å². The lowest BCUT2D eigenvalue weighted by molar-refractivity contribution is -0.0496. The molecular formula is C19H19F2NO4S. The molecule has 2 aromatic carbocycles. The third-order valence-electron chi connectivity index (χ3n) is 4.18. The van der Waals surface area contributed by atoms with Gasteiger partial charge in [0.2, 0.25) is 10.0 Å². The molecule has 0 radical (unpaired) electrons. The molecule has 0 saturated heterocycles. The van der Waals surface area contributed by atoms with E-state index in [1.807, 2.05) is 0 Å². The van der Waals surface area contributed by atoms with Crippen LogP contribution in [0.2, 0.25) is 0 Å². The van der Waals surface area contributed by atoms with Gasteiger partial charge in [-0.1, -0.05) is 24.3 Å². The fourth-order valence-corrected chi connectivity index (χ4v) is 3.88. The Balaban J connectivity index is 2.19. The van der Waals surface area contributed by atoms with Crippen molar-refractivity contribution in [1.82, 2.24) is 0 Å². The number of sulfonamides is 1. The van der Waals surface area contributed by atoms with Crippen LogP contribution < -0.4 is 14.6 Å².